The SMILES string of the molecule is CCC(OC)C(=CC(=O)C(C)C)[O][InH]. The molecule has 3 nitrogen and oxygen atoms in total. The van der Waals surface area contributed by atoms with Gasteiger partial charge in [0.05, 0.1) is 0 Å². The zero-order chi connectivity index (χ0) is 11.1. The second-order valence-electron chi connectivity index (χ2n) is 3.38. The van der Waals surface area contributed by atoms with Gasteiger partial charge in [0.25, 0.3) is 0 Å². The Kier molecular flexibility index (Phi) is 7.37. The molecule has 0 amide bonds. The second kappa shape index (κ2) is 7.35. The van der Waals surface area contributed by atoms with Crippen molar-refractivity contribution in [2.45, 2.75) is 33.3 Å². The number of hydrogen-bond acceptors (Lipinski definition) is 3. The predicted octanol–water partition coefficient (Wildman–Crippen LogP) is 1.35. The molecule has 0 aliphatic carbocycles. The van der Waals surface area contributed by atoms with Gasteiger partial charge in [-0.15, -0.1) is 0 Å². The van der Waals surface area contributed by atoms with Crippen LogP contribution in [0.4, 0.5) is 0 Å². The Labute approximate surface area is 101 Å². The molecule has 1 atom stereocenters. The van der Waals surface area contributed by atoms with E-state index in [1.165, 1.54) is 0 Å². The molecule has 1 unspecified atom stereocenters. The molecule has 0 aromatic heterocycles. The topological polar surface area (TPSA) is 35.5 Å². The fourth-order valence-corrected chi connectivity index (χ4v) is 1.79. The third kappa shape index (κ3) is 4.51. The van der Waals surface area contributed by atoms with E-state index < -0.39 is 0 Å². The van der Waals surface area contributed by atoms with Crippen LogP contribution in [0.1, 0.15) is 27.2 Å². The van der Waals surface area contributed by atoms with Crippen molar-refractivity contribution in [3.05, 3.63) is 11.8 Å². The minimum atomic E-state index is -0.0800. The summed E-state index contributed by atoms with van der Waals surface area (Å²) in [5.74, 6) is 0.789. The van der Waals surface area contributed by atoms with E-state index in [9.17, 15) is 4.79 Å². The van der Waals surface area contributed by atoms with E-state index in [4.69, 9.17) is 7.59 Å². The maximum absolute atomic E-state index is 11.5. The van der Waals surface area contributed by atoms with Gasteiger partial charge in [-0.1, -0.05) is 0 Å². The first-order chi connectivity index (χ1) is 6.56. The summed E-state index contributed by atoms with van der Waals surface area (Å²) in [6, 6.07) is 0. The average molecular weight is 301 g/mol. The Bertz CT molecular complexity index is 207. The zero-order valence-electron chi connectivity index (χ0n) is 9.37. The standard InChI is InChI=1S/C10H18O3.In.H/c1-5-10(13-4)9(12)6-8(11)7(2)3;;/h6-7,10,12H,5H2,1-4H3;;/q;+1;/p-1. The molecule has 0 aliphatic rings. The molecule has 0 aromatic carbocycles. The van der Waals surface area contributed by atoms with E-state index in [1.807, 2.05) is 20.8 Å². The van der Waals surface area contributed by atoms with Crippen molar-refractivity contribution < 1.29 is 12.4 Å². The van der Waals surface area contributed by atoms with Gasteiger partial charge in [-0.3, -0.25) is 0 Å². The Morgan fingerprint density at radius 2 is 2.07 bits per heavy atom. The molecular weight excluding hydrogens is 283 g/mol. The number of ether oxygens (including phenoxy) is 1. The number of hydrogen-bond donors (Lipinski definition) is 0. The number of methoxy groups -OCH3 is 1. The summed E-state index contributed by atoms with van der Waals surface area (Å²) in [5.41, 5.74) is 0. The Hall–Kier alpha value is 0.0401. The number of carbonyl (C=O) groups excluding carboxylic acids is 1. The molecule has 0 saturated heterocycles. The van der Waals surface area contributed by atoms with Crippen LogP contribution in [0.3, 0.4) is 0 Å². The van der Waals surface area contributed by atoms with Gasteiger partial charge in [0.1, 0.15) is 0 Å². The van der Waals surface area contributed by atoms with Crippen LogP contribution in [0.5, 0.6) is 0 Å². The first-order valence-corrected chi connectivity index (χ1v) is 6.41. The number of allylic oxidation sites excluding steroid dienone is 1. The van der Waals surface area contributed by atoms with Crippen molar-refractivity contribution in [3.63, 3.8) is 0 Å². The molecule has 0 rings (SSSR count). The Morgan fingerprint density at radius 3 is 2.36 bits per heavy atom. The molecule has 0 aromatic rings. The molecule has 0 spiro atoms. The maximum atomic E-state index is 11.5. The fraction of sp³-hybridized carbons (Fsp3) is 0.700. The van der Waals surface area contributed by atoms with E-state index in [1.54, 1.807) is 13.2 Å². The summed E-state index contributed by atoms with van der Waals surface area (Å²) in [7, 11) is 1.63. The molecule has 0 bridgehead atoms. The summed E-state index contributed by atoms with van der Waals surface area (Å²) in [4.78, 5) is 11.5. The quantitative estimate of drug-likeness (QED) is 0.549. The van der Waals surface area contributed by atoms with E-state index in [0.717, 1.165) is 6.42 Å². The molecule has 0 N–H and O–H groups in total. The van der Waals surface area contributed by atoms with Crippen LogP contribution in [0.2, 0.25) is 0 Å². The third-order valence-corrected chi connectivity index (χ3v) is 2.94. The van der Waals surface area contributed by atoms with Crippen LogP contribution in [-0.2, 0) is 12.4 Å². The monoisotopic (exact) mass is 301 g/mol. The summed E-state index contributed by atoms with van der Waals surface area (Å²) < 4.78 is 10.5. The predicted molar refractivity (Wildman–Crippen MR) is 57.3 cm³/mol. The Morgan fingerprint density at radius 1 is 1.50 bits per heavy atom. The van der Waals surface area contributed by atoms with Gasteiger partial charge >= 0.3 is 101 Å². The van der Waals surface area contributed by atoms with E-state index in [0.29, 0.717) is 30.6 Å². The van der Waals surface area contributed by atoms with Crippen LogP contribution in [0.15, 0.2) is 11.8 Å². The fourth-order valence-electron chi connectivity index (χ4n) is 1.02. The summed E-state index contributed by atoms with van der Waals surface area (Å²) in [5, 5.41) is 0. The Balaban J connectivity index is 4.60. The van der Waals surface area contributed by atoms with E-state index in [-0.39, 0.29) is 17.8 Å². The van der Waals surface area contributed by atoms with Gasteiger partial charge in [-0.25, -0.2) is 0 Å². The molecule has 4 heteroatoms. The minimum absolute atomic E-state index is 0.0138. The van der Waals surface area contributed by atoms with Gasteiger partial charge in [0.2, 0.25) is 0 Å². The first kappa shape index (κ1) is 14.0. The molecule has 1 radical (unpaired) electrons. The number of ketones is 1. The summed E-state index contributed by atoms with van der Waals surface area (Å²) in [6.07, 6.45) is 2.31. The van der Waals surface area contributed by atoms with Gasteiger partial charge in [0, 0.05) is 0 Å². The van der Waals surface area contributed by atoms with Crippen LogP contribution in [-0.4, -0.2) is 43.8 Å². The molecule has 0 heterocycles. The number of carbonyl (C=O) groups is 1. The first-order valence-electron chi connectivity index (χ1n) is 4.77. The van der Waals surface area contributed by atoms with Crippen molar-refractivity contribution in [2.24, 2.45) is 5.92 Å². The van der Waals surface area contributed by atoms with Crippen LogP contribution < -0.4 is 0 Å². The summed E-state index contributed by atoms with van der Waals surface area (Å²) >= 11 is 0.361. The third-order valence-electron chi connectivity index (χ3n) is 1.99. The normalized spacial score (nSPS) is 14.2. The van der Waals surface area contributed by atoms with Gasteiger partial charge in [-0.2, -0.15) is 0 Å². The van der Waals surface area contributed by atoms with Crippen molar-refractivity contribution in [2.75, 3.05) is 7.11 Å². The van der Waals surface area contributed by atoms with Gasteiger partial charge in [-0.05, 0) is 0 Å². The van der Waals surface area contributed by atoms with Crippen LogP contribution >= 0.6 is 0 Å². The molecule has 79 valence electrons. The number of rotatable bonds is 6. The zero-order valence-corrected chi connectivity index (χ0v) is 13.4. The van der Waals surface area contributed by atoms with Gasteiger partial charge in [0.15, 0.2) is 0 Å². The molecule has 0 saturated carbocycles. The molecule has 0 fully saturated rings. The van der Waals surface area contributed by atoms with Crippen molar-refractivity contribution in [3.8, 4) is 0 Å². The second-order valence-corrected chi connectivity index (χ2v) is 4.20. The van der Waals surface area contributed by atoms with Crippen LogP contribution in [0.25, 0.3) is 0 Å². The van der Waals surface area contributed by atoms with E-state index >= 15 is 0 Å². The molecule has 0 aliphatic heterocycles. The van der Waals surface area contributed by atoms with Crippen molar-refractivity contribution in [1.82, 2.24) is 0 Å². The summed E-state index contributed by atoms with van der Waals surface area (Å²) in [6.45, 7) is 5.76. The molecular formula is C10H18InO3. The van der Waals surface area contributed by atoms with Crippen molar-refractivity contribution >= 4 is 30.6 Å². The van der Waals surface area contributed by atoms with E-state index in [2.05, 4.69) is 0 Å². The van der Waals surface area contributed by atoms with Crippen LogP contribution in [0, 0.1) is 5.92 Å². The van der Waals surface area contributed by atoms with Crippen molar-refractivity contribution in [1.29, 1.82) is 0 Å². The average Bonchev–Trinajstić information content (AvgIpc) is 2.17. The van der Waals surface area contributed by atoms with Gasteiger partial charge < -0.3 is 0 Å². The molecule has 14 heavy (non-hydrogen) atoms.